The maximum atomic E-state index is 11.6. The summed E-state index contributed by atoms with van der Waals surface area (Å²) >= 11 is 0. The van der Waals surface area contributed by atoms with Crippen molar-refractivity contribution >= 4 is 5.91 Å². The molecule has 1 amide bonds. The first-order valence-corrected chi connectivity index (χ1v) is 5.64. The molecule has 0 heterocycles. The Morgan fingerprint density at radius 2 is 2.29 bits per heavy atom. The highest BCUT2D eigenvalue weighted by Crippen LogP contribution is 2.24. The van der Waals surface area contributed by atoms with Gasteiger partial charge in [0.2, 0.25) is 5.91 Å². The van der Waals surface area contributed by atoms with Gasteiger partial charge in [-0.15, -0.1) is 0 Å². The Morgan fingerprint density at radius 3 is 2.79 bits per heavy atom. The van der Waals surface area contributed by atoms with E-state index in [1.165, 1.54) is 6.42 Å². The van der Waals surface area contributed by atoms with Gasteiger partial charge in [0.15, 0.2) is 0 Å². The lowest BCUT2D eigenvalue weighted by molar-refractivity contribution is -0.125. The van der Waals surface area contributed by atoms with E-state index in [1.54, 1.807) is 0 Å². The summed E-state index contributed by atoms with van der Waals surface area (Å²) in [7, 11) is 0. The van der Waals surface area contributed by atoms with E-state index in [4.69, 9.17) is 5.73 Å². The molecule has 0 radical (unpaired) electrons. The SMILES string of the molecule is CC1CCC(NC(=O)C(C)CCN)C1. The van der Waals surface area contributed by atoms with Gasteiger partial charge in [0.25, 0.3) is 0 Å². The van der Waals surface area contributed by atoms with Crippen LogP contribution in [-0.2, 0) is 4.79 Å². The van der Waals surface area contributed by atoms with Crippen LogP contribution in [-0.4, -0.2) is 18.5 Å². The number of nitrogens with one attached hydrogen (secondary N) is 1. The molecule has 1 aliphatic rings. The average Bonchev–Trinajstić information content (AvgIpc) is 2.51. The molecule has 0 bridgehead atoms. The van der Waals surface area contributed by atoms with Crippen molar-refractivity contribution in [3.63, 3.8) is 0 Å². The number of hydrogen-bond donors (Lipinski definition) is 2. The van der Waals surface area contributed by atoms with E-state index < -0.39 is 0 Å². The molecule has 1 saturated carbocycles. The maximum absolute atomic E-state index is 11.6. The molecule has 0 saturated heterocycles. The van der Waals surface area contributed by atoms with Gasteiger partial charge in [-0.1, -0.05) is 13.8 Å². The highest BCUT2D eigenvalue weighted by Gasteiger charge is 2.24. The molecular formula is C11H22N2O. The van der Waals surface area contributed by atoms with Crippen molar-refractivity contribution in [2.75, 3.05) is 6.54 Å². The monoisotopic (exact) mass is 198 g/mol. The Labute approximate surface area is 86.4 Å². The molecule has 3 nitrogen and oxygen atoms in total. The summed E-state index contributed by atoms with van der Waals surface area (Å²) in [6.45, 7) is 4.78. The van der Waals surface area contributed by atoms with Gasteiger partial charge in [0.1, 0.15) is 0 Å². The summed E-state index contributed by atoms with van der Waals surface area (Å²) in [6, 6.07) is 0.415. The lowest BCUT2D eigenvalue weighted by Crippen LogP contribution is -2.37. The van der Waals surface area contributed by atoms with E-state index in [1.807, 2.05) is 6.92 Å². The number of carbonyl (C=O) groups is 1. The highest BCUT2D eigenvalue weighted by molar-refractivity contribution is 5.78. The largest absolute Gasteiger partial charge is 0.353 e. The van der Waals surface area contributed by atoms with E-state index in [2.05, 4.69) is 12.2 Å². The first kappa shape index (κ1) is 11.5. The Hall–Kier alpha value is -0.570. The molecule has 3 heteroatoms. The van der Waals surface area contributed by atoms with Crippen LogP contribution in [0.1, 0.15) is 39.5 Å². The van der Waals surface area contributed by atoms with Crippen molar-refractivity contribution in [2.45, 2.75) is 45.6 Å². The second-order valence-corrected chi connectivity index (χ2v) is 4.60. The number of nitrogens with two attached hydrogens (primary N) is 1. The molecule has 1 fully saturated rings. The predicted molar refractivity (Wildman–Crippen MR) is 57.8 cm³/mol. The Balaban J connectivity index is 2.26. The summed E-state index contributed by atoms with van der Waals surface area (Å²) in [5.41, 5.74) is 5.42. The number of amides is 1. The Bertz CT molecular complexity index is 194. The van der Waals surface area contributed by atoms with Gasteiger partial charge in [-0.05, 0) is 38.1 Å². The smallest absolute Gasteiger partial charge is 0.223 e. The fourth-order valence-corrected chi connectivity index (χ4v) is 2.06. The molecule has 0 spiro atoms. The van der Waals surface area contributed by atoms with Gasteiger partial charge in [-0.3, -0.25) is 4.79 Å². The summed E-state index contributed by atoms with van der Waals surface area (Å²) in [4.78, 5) is 11.6. The molecular weight excluding hydrogens is 176 g/mol. The third kappa shape index (κ3) is 3.29. The molecule has 0 aromatic carbocycles. The van der Waals surface area contributed by atoms with Crippen LogP contribution in [0.2, 0.25) is 0 Å². The molecule has 3 N–H and O–H groups in total. The van der Waals surface area contributed by atoms with Gasteiger partial charge in [-0.2, -0.15) is 0 Å². The zero-order chi connectivity index (χ0) is 10.6. The third-order valence-corrected chi connectivity index (χ3v) is 3.09. The summed E-state index contributed by atoms with van der Waals surface area (Å²) in [5.74, 6) is 1.01. The van der Waals surface area contributed by atoms with Crippen molar-refractivity contribution in [1.29, 1.82) is 0 Å². The van der Waals surface area contributed by atoms with Crippen LogP contribution in [0, 0.1) is 11.8 Å². The number of carbonyl (C=O) groups excluding carboxylic acids is 1. The van der Waals surface area contributed by atoms with Crippen LogP contribution in [0.25, 0.3) is 0 Å². The van der Waals surface area contributed by atoms with Crippen LogP contribution in [0.15, 0.2) is 0 Å². The molecule has 1 rings (SSSR count). The van der Waals surface area contributed by atoms with E-state index in [0.717, 1.165) is 25.2 Å². The molecule has 0 aromatic rings. The fourth-order valence-electron chi connectivity index (χ4n) is 2.06. The zero-order valence-corrected chi connectivity index (χ0v) is 9.25. The van der Waals surface area contributed by atoms with Crippen LogP contribution in [0.4, 0.5) is 0 Å². The summed E-state index contributed by atoms with van der Waals surface area (Å²) in [5, 5.41) is 3.10. The summed E-state index contributed by atoms with van der Waals surface area (Å²) < 4.78 is 0. The molecule has 1 aliphatic carbocycles. The van der Waals surface area contributed by atoms with E-state index in [9.17, 15) is 4.79 Å². The fraction of sp³-hybridized carbons (Fsp3) is 0.909. The molecule has 3 atom stereocenters. The minimum absolute atomic E-state index is 0.0657. The lowest BCUT2D eigenvalue weighted by Gasteiger charge is -2.16. The Kier molecular flexibility index (Phi) is 4.39. The number of hydrogen-bond acceptors (Lipinski definition) is 2. The van der Waals surface area contributed by atoms with Crippen LogP contribution < -0.4 is 11.1 Å². The van der Waals surface area contributed by atoms with Crippen molar-refractivity contribution in [3.8, 4) is 0 Å². The summed E-state index contributed by atoms with van der Waals surface area (Å²) in [6.07, 6.45) is 4.31. The van der Waals surface area contributed by atoms with Gasteiger partial charge in [0.05, 0.1) is 0 Å². The van der Waals surface area contributed by atoms with Gasteiger partial charge in [-0.25, -0.2) is 0 Å². The predicted octanol–water partition coefficient (Wildman–Crippen LogP) is 1.28. The van der Waals surface area contributed by atoms with Crippen molar-refractivity contribution < 1.29 is 4.79 Å². The topological polar surface area (TPSA) is 55.1 Å². The van der Waals surface area contributed by atoms with Crippen LogP contribution in [0.5, 0.6) is 0 Å². The molecule has 3 unspecified atom stereocenters. The minimum atomic E-state index is 0.0657. The standard InChI is InChI=1S/C11H22N2O/c1-8-3-4-10(7-8)13-11(14)9(2)5-6-12/h8-10H,3-7,12H2,1-2H3,(H,13,14). The zero-order valence-electron chi connectivity index (χ0n) is 9.25. The van der Waals surface area contributed by atoms with E-state index >= 15 is 0 Å². The first-order valence-electron chi connectivity index (χ1n) is 5.64. The third-order valence-electron chi connectivity index (χ3n) is 3.09. The second-order valence-electron chi connectivity index (χ2n) is 4.60. The second kappa shape index (κ2) is 5.35. The Morgan fingerprint density at radius 1 is 1.57 bits per heavy atom. The molecule has 0 aromatic heterocycles. The average molecular weight is 198 g/mol. The first-order chi connectivity index (χ1) is 6.63. The molecule has 0 aliphatic heterocycles. The van der Waals surface area contributed by atoms with Crippen LogP contribution in [0.3, 0.4) is 0 Å². The van der Waals surface area contributed by atoms with Crippen molar-refractivity contribution in [2.24, 2.45) is 17.6 Å². The van der Waals surface area contributed by atoms with Crippen molar-refractivity contribution in [3.05, 3.63) is 0 Å². The minimum Gasteiger partial charge on any atom is -0.353 e. The quantitative estimate of drug-likeness (QED) is 0.715. The van der Waals surface area contributed by atoms with E-state index in [-0.39, 0.29) is 11.8 Å². The van der Waals surface area contributed by atoms with Crippen molar-refractivity contribution in [1.82, 2.24) is 5.32 Å². The van der Waals surface area contributed by atoms with Gasteiger partial charge in [0, 0.05) is 12.0 Å². The van der Waals surface area contributed by atoms with Gasteiger partial charge < -0.3 is 11.1 Å². The normalized spacial score (nSPS) is 28.8. The molecule has 14 heavy (non-hydrogen) atoms. The lowest BCUT2D eigenvalue weighted by atomic mass is 10.1. The van der Waals surface area contributed by atoms with Crippen LogP contribution >= 0.6 is 0 Å². The molecule has 82 valence electrons. The number of rotatable bonds is 4. The van der Waals surface area contributed by atoms with E-state index in [0.29, 0.717) is 12.6 Å². The van der Waals surface area contributed by atoms with Gasteiger partial charge >= 0.3 is 0 Å². The maximum Gasteiger partial charge on any atom is 0.223 e. The highest BCUT2D eigenvalue weighted by atomic mass is 16.1.